The molecule has 9 nitrogen and oxygen atoms in total. The lowest BCUT2D eigenvalue weighted by Gasteiger charge is -2.25. The van der Waals surface area contributed by atoms with Crippen LogP contribution in [-0.2, 0) is 14.3 Å². The third-order valence-electron chi connectivity index (χ3n) is 3.91. The first-order valence-electron chi connectivity index (χ1n) is 9.07. The number of alkyl carbamates (subject to hydrolysis) is 1. The van der Waals surface area contributed by atoms with Gasteiger partial charge in [0.15, 0.2) is 6.04 Å². The molecule has 0 unspecified atom stereocenters. The quantitative estimate of drug-likeness (QED) is 0.487. The van der Waals surface area contributed by atoms with Gasteiger partial charge >= 0.3 is 12.1 Å². The maximum absolute atomic E-state index is 12.9. The molecule has 160 valence electrons. The van der Waals surface area contributed by atoms with E-state index in [1.165, 1.54) is 48.5 Å². The number of ether oxygens (including phenoxy) is 1. The van der Waals surface area contributed by atoms with Crippen molar-refractivity contribution < 1.29 is 34.4 Å². The molecule has 2 amide bonds. The molecule has 0 radical (unpaired) electrons. The molecule has 9 heteroatoms. The number of hydrogen-bond acceptors (Lipinski definition) is 6. The SMILES string of the molecule is CC(C)(C)OC(=O)N[C@H](C(=O)N[C@@H](C(=O)O)c1ccc(O)cc1)c1ccc(O)cc1. The summed E-state index contributed by atoms with van der Waals surface area (Å²) in [7, 11) is 0. The van der Waals surface area contributed by atoms with E-state index >= 15 is 0 Å². The molecule has 0 saturated heterocycles. The number of aliphatic carboxylic acids is 1. The monoisotopic (exact) mass is 416 g/mol. The second-order valence-corrected chi connectivity index (χ2v) is 7.54. The summed E-state index contributed by atoms with van der Waals surface area (Å²) in [6.45, 7) is 4.98. The van der Waals surface area contributed by atoms with Gasteiger partial charge in [-0.3, -0.25) is 4.79 Å². The van der Waals surface area contributed by atoms with Crippen LogP contribution in [0.1, 0.15) is 44.0 Å². The number of rotatable bonds is 6. The Morgan fingerprint density at radius 2 is 1.23 bits per heavy atom. The second kappa shape index (κ2) is 9.17. The number of phenolic OH excluding ortho intramolecular Hbond substituents is 2. The largest absolute Gasteiger partial charge is 0.508 e. The van der Waals surface area contributed by atoms with Crippen LogP contribution >= 0.6 is 0 Å². The van der Waals surface area contributed by atoms with Gasteiger partial charge in [0.1, 0.15) is 23.1 Å². The summed E-state index contributed by atoms with van der Waals surface area (Å²) in [5.41, 5.74) is -0.267. The van der Waals surface area contributed by atoms with E-state index in [0.29, 0.717) is 5.56 Å². The first-order chi connectivity index (χ1) is 14.0. The predicted molar refractivity (Wildman–Crippen MR) is 107 cm³/mol. The summed E-state index contributed by atoms with van der Waals surface area (Å²) in [6, 6.07) is 8.15. The first kappa shape index (κ1) is 22.5. The summed E-state index contributed by atoms with van der Waals surface area (Å²) in [5, 5.41) is 33.2. The lowest BCUT2D eigenvalue weighted by molar-refractivity contribution is -0.142. The van der Waals surface area contributed by atoms with Gasteiger partial charge in [0.25, 0.3) is 0 Å². The van der Waals surface area contributed by atoms with Crippen LogP contribution in [0, 0.1) is 0 Å². The van der Waals surface area contributed by atoms with E-state index < -0.39 is 35.7 Å². The molecule has 2 rings (SSSR count). The van der Waals surface area contributed by atoms with Gasteiger partial charge in [-0.2, -0.15) is 0 Å². The Labute approximate surface area is 173 Å². The highest BCUT2D eigenvalue weighted by Gasteiger charge is 2.30. The van der Waals surface area contributed by atoms with E-state index in [-0.39, 0.29) is 17.1 Å². The van der Waals surface area contributed by atoms with Crippen molar-refractivity contribution in [1.29, 1.82) is 0 Å². The highest BCUT2D eigenvalue weighted by molar-refractivity contribution is 5.90. The molecule has 0 saturated carbocycles. The minimum atomic E-state index is -1.42. The standard InChI is InChI=1S/C21H24N2O7/c1-21(2,3)30-20(29)23-16(12-4-8-14(24)9-5-12)18(26)22-17(19(27)28)13-6-10-15(25)11-7-13/h4-11,16-17,24-25H,1-3H3,(H,22,26)(H,23,29)(H,27,28)/t16-,17+/m0/s1. The molecule has 2 aromatic carbocycles. The first-order valence-corrected chi connectivity index (χ1v) is 9.07. The number of carbonyl (C=O) groups is 3. The molecule has 0 heterocycles. The second-order valence-electron chi connectivity index (χ2n) is 7.54. The lowest BCUT2D eigenvalue weighted by Crippen LogP contribution is -2.44. The Balaban J connectivity index is 2.30. The Hall–Kier alpha value is -3.75. The Morgan fingerprint density at radius 3 is 1.63 bits per heavy atom. The van der Waals surface area contributed by atoms with Crippen LogP contribution < -0.4 is 10.6 Å². The number of nitrogens with one attached hydrogen (secondary N) is 2. The molecule has 30 heavy (non-hydrogen) atoms. The number of benzene rings is 2. The number of carbonyl (C=O) groups excluding carboxylic acids is 2. The Bertz CT molecular complexity index is 902. The summed E-state index contributed by atoms with van der Waals surface area (Å²) in [6.07, 6.45) is -0.868. The Kier molecular flexibility index (Phi) is 6.89. The van der Waals surface area contributed by atoms with Crippen LogP contribution in [0.25, 0.3) is 0 Å². The van der Waals surface area contributed by atoms with Crippen molar-refractivity contribution in [1.82, 2.24) is 10.6 Å². The fourth-order valence-electron chi connectivity index (χ4n) is 2.57. The Morgan fingerprint density at radius 1 is 0.800 bits per heavy atom. The van der Waals surface area contributed by atoms with E-state index in [9.17, 15) is 29.7 Å². The van der Waals surface area contributed by atoms with E-state index in [4.69, 9.17) is 4.74 Å². The molecule has 0 aromatic heterocycles. The molecular weight excluding hydrogens is 392 g/mol. The van der Waals surface area contributed by atoms with Gasteiger partial charge in [0, 0.05) is 0 Å². The van der Waals surface area contributed by atoms with E-state index in [2.05, 4.69) is 10.6 Å². The van der Waals surface area contributed by atoms with Crippen LogP contribution in [0.5, 0.6) is 11.5 Å². The average Bonchev–Trinajstić information content (AvgIpc) is 2.64. The van der Waals surface area contributed by atoms with E-state index in [1.54, 1.807) is 20.8 Å². The zero-order chi connectivity index (χ0) is 22.5. The summed E-state index contributed by atoms with van der Waals surface area (Å²) in [5.74, 6) is -2.21. The van der Waals surface area contributed by atoms with Gasteiger partial charge < -0.3 is 30.7 Å². The van der Waals surface area contributed by atoms with Gasteiger partial charge in [-0.15, -0.1) is 0 Å². The van der Waals surface area contributed by atoms with Crippen molar-refractivity contribution in [2.24, 2.45) is 0 Å². The fraction of sp³-hybridized carbons (Fsp3) is 0.286. The molecule has 0 aliphatic rings. The molecule has 0 aliphatic carbocycles. The lowest BCUT2D eigenvalue weighted by atomic mass is 10.0. The molecule has 0 fully saturated rings. The molecule has 0 aliphatic heterocycles. The summed E-state index contributed by atoms with van der Waals surface area (Å²) in [4.78, 5) is 36.9. The van der Waals surface area contributed by atoms with Gasteiger partial charge in [0.2, 0.25) is 5.91 Å². The maximum Gasteiger partial charge on any atom is 0.408 e. The van der Waals surface area contributed by atoms with Gasteiger partial charge in [0.05, 0.1) is 0 Å². The molecule has 0 spiro atoms. The van der Waals surface area contributed by atoms with E-state index in [0.717, 1.165) is 0 Å². The zero-order valence-corrected chi connectivity index (χ0v) is 16.7. The van der Waals surface area contributed by atoms with Crippen LogP contribution in [0.15, 0.2) is 48.5 Å². The zero-order valence-electron chi connectivity index (χ0n) is 16.7. The number of phenols is 2. The third-order valence-corrected chi connectivity index (χ3v) is 3.91. The number of hydrogen-bond donors (Lipinski definition) is 5. The number of aromatic hydroxyl groups is 2. The molecule has 2 atom stereocenters. The molecule has 0 bridgehead atoms. The van der Waals surface area contributed by atoms with Crippen LogP contribution in [0.3, 0.4) is 0 Å². The average molecular weight is 416 g/mol. The van der Waals surface area contributed by atoms with Crippen LogP contribution in [0.2, 0.25) is 0 Å². The van der Waals surface area contributed by atoms with Crippen molar-refractivity contribution in [3.63, 3.8) is 0 Å². The highest BCUT2D eigenvalue weighted by Crippen LogP contribution is 2.22. The number of amides is 2. The highest BCUT2D eigenvalue weighted by atomic mass is 16.6. The third kappa shape index (κ3) is 6.40. The van der Waals surface area contributed by atoms with Crippen molar-refractivity contribution >= 4 is 18.0 Å². The number of carboxylic acids is 1. The van der Waals surface area contributed by atoms with E-state index in [1.807, 2.05) is 0 Å². The normalized spacial score (nSPS) is 13.0. The summed E-state index contributed by atoms with van der Waals surface area (Å²) >= 11 is 0. The van der Waals surface area contributed by atoms with Gasteiger partial charge in [-0.1, -0.05) is 24.3 Å². The topological polar surface area (TPSA) is 145 Å². The fourth-order valence-corrected chi connectivity index (χ4v) is 2.57. The minimum absolute atomic E-state index is 0.0392. The van der Waals surface area contributed by atoms with Crippen molar-refractivity contribution in [3.05, 3.63) is 59.7 Å². The van der Waals surface area contributed by atoms with Crippen molar-refractivity contribution in [2.75, 3.05) is 0 Å². The van der Waals surface area contributed by atoms with Crippen LogP contribution in [0.4, 0.5) is 4.79 Å². The predicted octanol–water partition coefficient (Wildman–Crippen LogP) is 2.61. The molecular formula is C21H24N2O7. The summed E-state index contributed by atoms with van der Waals surface area (Å²) < 4.78 is 5.19. The van der Waals surface area contributed by atoms with Gasteiger partial charge in [-0.25, -0.2) is 9.59 Å². The van der Waals surface area contributed by atoms with Crippen molar-refractivity contribution in [2.45, 2.75) is 38.5 Å². The van der Waals surface area contributed by atoms with Gasteiger partial charge in [-0.05, 0) is 56.2 Å². The smallest absolute Gasteiger partial charge is 0.408 e. The molecule has 5 N–H and O–H groups in total. The minimum Gasteiger partial charge on any atom is -0.508 e. The number of carboxylic acid groups (broad SMARTS) is 1. The molecule has 2 aromatic rings. The maximum atomic E-state index is 12.9. The van der Waals surface area contributed by atoms with Crippen molar-refractivity contribution in [3.8, 4) is 11.5 Å². The van der Waals surface area contributed by atoms with Crippen LogP contribution in [-0.4, -0.2) is 38.9 Å².